The van der Waals surface area contributed by atoms with Crippen LogP contribution in [0.3, 0.4) is 0 Å². The summed E-state index contributed by atoms with van der Waals surface area (Å²) in [7, 11) is 0. The van der Waals surface area contributed by atoms with Crippen molar-refractivity contribution in [2.75, 3.05) is 0 Å². The summed E-state index contributed by atoms with van der Waals surface area (Å²) in [6.07, 6.45) is 0. The van der Waals surface area contributed by atoms with Crippen molar-refractivity contribution < 1.29 is 80.5 Å². The molecule has 186 valence electrons. The topological polar surface area (TPSA) is 241 Å². The molecule has 0 bridgehead atoms. The number of rotatable bonds is 6. The standard InChI is InChI=1S/3C8H6O4.W/c3*9-7(10)5-1-2-6(4-3-5)8(11)12;/h3*1-4H,(H,9,10)(H,11,12);/q;;;+6/p-6. The summed E-state index contributed by atoms with van der Waals surface area (Å²) in [6.45, 7) is 0. The fourth-order valence-corrected chi connectivity index (χ4v) is 2.23. The van der Waals surface area contributed by atoms with Gasteiger partial charge in [-0.2, -0.15) is 0 Å². The number of benzene rings is 3. The Hall–Kier alpha value is -4.83. The summed E-state index contributed by atoms with van der Waals surface area (Å²) in [6, 6.07) is 13.8. The number of carboxylic acids is 6. The van der Waals surface area contributed by atoms with Gasteiger partial charge >= 0.3 is 21.1 Å². The molecule has 0 radical (unpaired) electrons. The first kappa shape index (κ1) is 32.2. The van der Waals surface area contributed by atoms with Crippen molar-refractivity contribution in [1.82, 2.24) is 0 Å². The molecule has 0 saturated heterocycles. The van der Waals surface area contributed by atoms with E-state index < -0.39 is 35.8 Å². The van der Waals surface area contributed by atoms with E-state index in [9.17, 15) is 59.4 Å². The molecule has 0 aliphatic carbocycles. The van der Waals surface area contributed by atoms with Crippen LogP contribution in [0.15, 0.2) is 72.8 Å². The van der Waals surface area contributed by atoms with Crippen molar-refractivity contribution in [3.8, 4) is 0 Å². The van der Waals surface area contributed by atoms with E-state index in [1.54, 1.807) is 0 Å². The van der Waals surface area contributed by atoms with Gasteiger partial charge in [-0.15, -0.1) is 0 Å². The van der Waals surface area contributed by atoms with Gasteiger partial charge in [0.25, 0.3) is 0 Å². The molecule has 0 aromatic heterocycles. The van der Waals surface area contributed by atoms with Crippen LogP contribution in [0.5, 0.6) is 0 Å². The summed E-state index contributed by atoms with van der Waals surface area (Å²) in [5.41, 5.74) is -0.333. The molecule has 0 amide bonds. The van der Waals surface area contributed by atoms with E-state index in [0.29, 0.717) is 0 Å². The minimum Gasteiger partial charge on any atom is -0.545 e. The summed E-state index contributed by atoms with van der Waals surface area (Å²) < 4.78 is 0. The number of carboxylic acid groups (broad SMARTS) is 6. The van der Waals surface area contributed by atoms with E-state index in [2.05, 4.69) is 0 Å². The van der Waals surface area contributed by atoms with Gasteiger partial charge in [0.1, 0.15) is 0 Å². The van der Waals surface area contributed by atoms with Crippen LogP contribution >= 0.6 is 0 Å². The van der Waals surface area contributed by atoms with Gasteiger partial charge in [-0.3, -0.25) is 0 Å². The van der Waals surface area contributed by atoms with Crippen LogP contribution in [0.4, 0.5) is 0 Å². The Kier molecular flexibility index (Phi) is 13.2. The van der Waals surface area contributed by atoms with E-state index in [4.69, 9.17) is 0 Å². The Morgan fingerprint density at radius 3 is 0.432 bits per heavy atom. The van der Waals surface area contributed by atoms with Crippen LogP contribution in [0.2, 0.25) is 0 Å². The zero-order valence-electron chi connectivity index (χ0n) is 18.2. The SMILES string of the molecule is O=C([O-])c1ccc(C(=O)[O-])cc1.O=C([O-])c1ccc(C(=O)[O-])cc1.O=C([O-])c1ccc(C(=O)[O-])cc1.[W+6]. The van der Waals surface area contributed by atoms with E-state index in [-0.39, 0.29) is 54.4 Å². The molecule has 0 atom stereocenters. The molecular weight excluding hydrogens is 664 g/mol. The van der Waals surface area contributed by atoms with Crippen molar-refractivity contribution in [2.45, 2.75) is 0 Å². The maximum Gasteiger partial charge on any atom is 6.00 e. The van der Waals surface area contributed by atoms with Gasteiger partial charge in [0, 0.05) is 0 Å². The second-order valence-electron chi connectivity index (χ2n) is 6.46. The van der Waals surface area contributed by atoms with E-state index >= 15 is 0 Å². The molecule has 0 aliphatic heterocycles. The Balaban J connectivity index is 0.000000518. The average Bonchev–Trinajstić information content (AvgIpc) is 2.84. The molecule has 3 aromatic carbocycles. The molecular formula is C24H12O12W. The van der Waals surface area contributed by atoms with Gasteiger partial charge in [0.2, 0.25) is 0 Å². The maximum atomic E-state index is 10.2. The zero-order chi connectivity index (χ0) is 27.4. The molecule has 0 saturated carbocycles. The number of aromatic carboxylic acids is 6. The van der Waals surface area contributed by atoms with Crippen LogP contribution < -0.4 is 30.6 Å². The van der Waals surface area contributed by atoms with E-state index in [1.165, 1.54) is 0 Å². The summed E-state index contributed by atoms with van der Waals surface area (Å²) in [4.78, 5) is 61.2. The van der Waals surface area contributed by atoms with Gasteiger partial charge in [-0.1, -0.05) is 72.8 Å². The molecule has 0 fully saturated rings. The molecule has 0 aliphatic rings. The Morgan fingerprint density at radius 2 is 0.378 bits per heavy atom. The maximum absolute atomic E-state index is 10.2. The molecule has 3 rings (SSSR count). The zero-order valence-corrected chi connectivity index (χ0v) is 21.2. The molecule has 37 heavy (non-hydrogen) atoms. The first-order valence-corrected chi connectivity index (χ1v) is 9.41. The van der Waals surface area contributed by atoms with Gasteiger partial charge in [-0.25, -0.2) is 0 Å². The van der Waals surface area contributed by atoms with Gasteiger partial charge < -0.3 is 59.4 Å². The van der Waals surface area contributed by atoms with Crippen molar-refractivity contribution in [2.24, 2.45) is 0 Å². The number of carbonyl (C=O) groups excluding carboxylic acids is 6. The smallest absolute Gasteiger partial charge is 0.545 e. The molecule has 0 heterocycles. The molecule has 0 unspecified atom stereocenters. The predicted octanol–water partition coefficient (Wildman–Crippen LogP) is -4.76. The second-order valence-corrected chi connectivity index (χ2v) is 6.46. The largest absolute Gasteiger partial charge is 6.00 e. The minimum atomic E-state index is -1.33. The quantitative estimate of drug-likeness (QED) is 0.239. The first-order valence-electron chi connectivity index (χ1n) is 9.41. The molecule has 0 spiro atoms. The first-order chi connectivity index (χ1) is 16.8. The summed E-state index contributed by atoms with van der Waals surface area (Å²) in [5, 5.41) is 61.2. The molecule has 0 N–H and O–H groups in total. The predicted molar refractivity (Wildman–Crippen MR) is 105 cm³/mol. The molecule has 12 nitrogen and oxygen atoms in total. The monoisotopic (exact) mass is 676 g/mol. The molecule has 3 aromatic rings. The van der Waals surface area contributed by atoms with Gasteiger partial charge in [0.05, 0.1) is 35.8 Å². The number of carbonyl (C=O) groups is 6. The van der Waals surface area contributed by atoms with E-state index in [1.807, 2.05) is 0 Å². The van der Waals surface area contributed by atoms with Crippen molar-refractivity contribution in [1.29, 1.82) is 0 Å². The van der Waals surface area contributed by atoms with Gasteiger partial charge in [-0.05, 0) is 33.4 Å². The minimum absolute atomic E-state index is 0. The van der Waals surface area contributed by atoms with Crippen molar-refractivity contribution in [3.05, 3.63) is 106 Å². The molecule has 13 heteroatoms. The van der Waals surface area contributed by atoms with Crippen LogP contribution in [-0.4, -0.2) is 35.8 Å². The fraction of sp³-hybridized carbons (Fsp3) is 0. The van der Waals surface area contributed by atoms with Crippen LogP contribution in [0.1, 0.15) is 62.1 Å². The summed E-state index contributed by atoms with van der Waals surface area (Å²) >= 11 is 0. The van der Waals surface area contributed by atoms with Crippen molar-refractivity contribution in [3.63, 3.8) is 0 Å². The normalized spacial score (nSPS) is 9.08. The Morgan fingerprint density at radius 1 is 0.297 bits per heavy atom. The number of hydrogen-bond acceptors (Lipinski definition) is 12. The average molecular weight is 676 g/mol. The van der Waals surface area contributed by atoms with Crippen LogP contribution in [0.25, 0.3) is 0 Å². The third-order valence-corrected chi connectivity index (χ3v) is 4.07. The Labute approximate surface area is 222 Å². The van der Waals surface area contributed by atoms with Crippen molar-refractivity contribution >= 4 is 35.8 Å². The second kappa shape index (κ2) is 15.2. The summed E-state index contributed by atoms with van der Waals surface area (Å²) in [5.74, 6) is -8.00. The fourth-order valence-electron chi connectivity index (χ4n) is 2.23. The van der Waals surface area contributed by atoms with Gasteiger partial charge in [0.15, 0.2) is 0 Å². The third kappa shape index (κ3) is 11.0. The Bertz CT molecular complexity index is 1010. The van der Waals surface area contributed by atoms with Crippen LogP contribution in [-0.2, 0) is 21.1 Å². The number of hydrogen-bond donors (Lipinski definition) is 0. The van der Waals surface area contributed by atoms with E-state index in [0.717, 1.165) is 72.8 Å². The third-order valence-electron chi connectivity index (χ3n) is 4.07. The van der Waals surface area contributed by atoms with Crippen LogP contribution in [0, 0.1) is 0 Å².